The van der Waals surface area contributed by atoms with Crippen LogP contribution in [0.5, 0.6) is 0 Å². The van der Waals surface area contributed by atoms with Crippen molar-refractivity contribution in [2.24, 2.45) is 5.73 Å². The molecule has 2 nitrogen and oxygen atoms in total. The second kappa shape index (κ2) is 6.29. The van der Waals surface area contributed by atoms with Crippen molar-refractivity contribution in [2.75, 3.05) is 0 Å². The largest absolute Gasteiger partial charge is 0.327 e. The molecule has 0 bridgehead atoms. The van der Waals surface area contributed by atoms with E-state index in [0.29, 0.717) is 0 Å². The van der Waals surface area contributed by atoms with Gasteiger partial charge in [0.1, 0.15) is 0 Å². The van der Waals surface area contributed by atoms with Gasteiger partial charge in [0.2, 0.25) is 0 Å². The van der Waals surface area contributed by atoms with E-state index in [-0.39, 0.29) is 11.5 Å². The Hall–Kier alpha value is -1.19. The third kappa shape index (κ3) is 4.39. The fourth-order valence-electron chi connectivity index (χ4n) is 2.35. The maximum Gasteiger partial charge on any atom is 0.0944 e. The van der Waals surface area contributed by atoms with E-state index >= 15 is 0 Å². The summed E-state index contributed by atoms with van der Waals surface area (Å²) in [4.78, 5) is 4.74. The number of aryl methyl sites for hydroxylation is 2. The van der Waals surface area contributed by atoms with Gasteiger partial charge in [0.15, 0.2) is 0 Å². The summed E-state index contributed by atoms with van der Waals surface area (Å²) < 4.78 is 0. The third-order valence-corrected chi connectivity index (χ3v) is 4.61. The molecule has 2 N–H and O–H groups in total. The van der Waals surface area contributed by atoms with E-state index in [1.165, 1.54) is 22.4 Å². The first-order valence-corrected chi connectivity index (χ1v) is 8.40. The van der Waals surface area contributed by atoms with Crippen molar-refractivity contribution >= 4 is 11.3 Å². The molecule has 0 saturated carbocycles. The first kappa shape index (κ1) is 16.2. The van der Waals surface area contributed by atoms with E-state index in [9.17, 15) is 0 Å². The average molecular weight is 302 g/mol. The van der Waals surface area contributed by atoms with Crippen LogP contribution in [-0.4, -0.2) is 11.0 Å². The first-order chi connectivity index (χ1) is 9.75. The summed E-state index contributed by atoms with van der Waals surface area (Å²) in [6.07, 6.45) is 1.77. The Morgan fingerprint density at radius 3 is 2.52 bits per heavy atom. The predicted molar refractivity (Wildman–Crippen MR) is 92.1 cm³/mol. The fourth-order valence-corrected chi connectivity index (χ4v) is 3.46. The summed E-state index contributed by atoms with van der Waals surface area (Å²) in [5.74, 6) is 0. The van der Waals surface area contributed by atoms with Gasteiger partial charge in [-0.15, -0.1) is 11.3 Å². The topological polar surface area (TPSA) is 38.9 Å². The van der Waals surface area contributed by atoms with Crippen molar-refractivity contribution in [2.45, 2.75) is 58.9 Å². The Labute approximate surface area is 132 Å². The smallest absolute Gasteiger partial charge is 0.0944 e. The van der Waals surface area contributed by atoms with Crippen LogP contribution in [0.2, 0.25) is 0 Å². The van der Waals surface area contributed by atoms with Crippen molar-refractivity contribution in [3.8, 4) is 0 Å². The second-order valence-corrected chi connectivity index (χ2v) is 7.92. The molecule has 3 heteroatoms. The minimum absolute atomic E-state index is 0.117. The number of nitrogens with zero attached hydrogens (tertiary/aromatic N) is 1. The molecule has 1 aromatic heterocycles. The van der Waals surface area contributed by atoms with E-state index in [2.05, 4.69) is 58.2 Å². The van der Waals surface area contributed by atoms with Crippen LogP contribution in [0.15, 0.2) is 23.6 Å². The van der Waals surface area contributed by atoms with E-state index in [0.717, 1.165) is 17.8 Å². The van der Waals surface area contributed by atoms with Gasteiger partial charge in [0.25, 0.3) is 0 Å². The van der Waals surface area contributed by atoms with Crippen LogP contribution < -0.4 is 5.73 Å². The number of rotatable bonds is 4. The van der Waals surface area contributed by atoms with Crippen LogP contribution in [0.3, 0.4) is 0 Å². The summed E-state index contributed by atoms with van der Waals surface area (Å²) >= 11 is 1.73. The molecule has 114 valence electrons. The van der Waals surface area contributed by atoms with Crippen molar-refractivity contribution in [1.82, 2.24) is 4.98 Å². The lowest BCUT2D eigenvalue weighted by atomic mass is 9.93. The number of benzene rings is 1. The van der Waals surface area contributed by atoms with Crippen LogP contribution in [0.4, 0.5) is 0 Å². The van der Waals surface area contributed by atoms with Crippen LogP contribution in [0.25, 0.3) is 0 Å². The lowest BCUT2D eigenvalue weighted by Gasteiger charge is -2.15. The maximum atomic E-state index is 6.34. The molecule has 1 unspecified atom stereocenters. The fraction of sp³-hybridized carbons (Fsp3) is 0.500. The van der Waals surface area contributed by atoms with Gasteiger partial charge in [-0.2, -0.15) is 0 Å². The highest BCUT2D eigenvalue weighted by Crippen LogP contribution is 2.24. The molecule has 0 aliphatic rings. The quantitative estimate of drug-likeness (QED) is 0.920. The maximum absolute atomic E-state index is 6.34. The van der Waals surface area contributed by atoms with Crippen LogP contribution in [0, 0.1) is 13.8 Å². The Morgan fingerprint density at radius 2 is 1.90 bits per heavy atom. The monoisotopic (exact) mass is 302 g/mol. The highest BCUT2D eigenvalue weighted by Gasteiger charge is 2.18. The minimum atomic E-state index is 0.117. The summed E-state index contributed by atoms with van der Waals surface area (Å²) in [7, 11) is 0. The summed E-state index contributed by atoms with van der Waals surface area (Å²) in [6.45, 7) is 10.9. The van der Waals surface area contributed by atoms with Gasteiger partial charge in [-0.25, -0.2) is 4.98 Å². The molecule has 1 heterocycles. The van der Waals surface area contributed by atoms with Gasteiger partial charge in [0, 0.05) is 23.3 Å². The van der Waals surface area contributed by atoms with E-state index in [1.807, 2.05) is 0 Å². The molecule has 2 rings (SSSR count). The van der Waals surface area contributed by atoms with Gasteiger partial charge in [-0.3, -0.25) is 0 Å². The predicted octanol–water partition coefficient (Wildman–Crippen LogP) is 4.17. The average Bonchev–Trinajstić information content (AvgIpc) is 2.82. The lowest BCUT2D eigenvalue weighted by Crippen LogP contribution is -2.26. The van der Waals surface area contributed by atoms with Crippen molar-refractivity contribution in [1.29, 1.82) is 0 Å². The van der Waals surface area contributed by atoms with Crippen LogP contribution in [-0.2, 0) is 18.3 Å². The Balaban J connectivity index is 2.03. The third-order valence-electron chi connectivity index (χ3n) is 3.74. The van der Waals surface area contributed by atoms with Gasteiger partial charge in [-0.05, 0) is 31.4 Å². The van der Waals surface area contributed by atoms with Crippen molar-refractivity contribution in [3.05, 3.63) is 51.0 Å². The molecule has 0 spiro atoms. The molecule has 0 aliphatic carbocycles. The van der Waals surface area contributed by atoms with Crippen LogP contribution in [0.1, 0.15) is 48.2 Å². The Bertz CT molecular complexity index is 608. The number of nitrogens with two attached hydrogens (primary N) is 1. The Morgan fingerprint density at radius 1 is 1.19 bits per heavy atom. The molecule has 0 amide bonds. The highest BCUT2D eigenvalue weighted by molar-refractivity contribution is 7.09. The molecule has 0 aliphatic heterocycles. The number of hydrogen-bond donors (Lipinski definition) is 1. The molecule has 0 fully saturated rings. The zero-order valence-electron chi connectivity index (χ0n) is 13.7. The summed E-state index contributed by atoms with van der Waals surface area (Å²) in [5.41, 5.74) is 11.6. The van der Waals surface area contributed by atoms with E-state index in [1.54, 1.807) is 11.3 Å². The van der Waals surface area contributed by atoms with Crippen molar-refractivity contribution < 1.29 is 0 Å². The zero-order chi connectivity index (χ0) is 15.6. The molecular weight excluding hydrogens is 276 g/mol. The minimum Gasteiger partial charge on any atom is -0.327 e. The number of aromatic nitrogens is 1. The van der Waals surface area contributed by atoms with E-state index < -0.39 is 0 Å². The first-order valence-electron chi connectivity index (χ1n) is 7.52. The van der Waals surface area contributed by atoms with Gasteiger partial charge >= 0.3 is 0 Å². The summed E-state index contributed by atoms with van der Waals surface area (Å²) in [5, 5.41) is 3.32. The SMILES string of the molecule is Cc1ccc(C)c(CC(N)Cc2nc(C(C)(C)C)cs2)c1. The van der Waals surface area contributed by atoms with E-state index in [4.69, 9.17) is 10.7 Å². The standard InChI is InChI=1S/C18H26N2S/c1-12-6-7-13(2)14(8-12)9-15(19)10-17-20-16(11-21-17)18(3,4)5/h6-8,11,15H,9-10,19H2,1-5H3. The normalized spacial score (nSPS) is 13.4. The lowest BCUT2D eigenvalue weighted by molar-refractivity contribution is 0.567. The molecule has 0 radical (unpaired) electrons. The van der Waals surface area contributed by atoms with Crippen molar-refractivity contribution in [3.63, 3.8) is 0 Å². The molecule has 0 saturated heterocycles. The summed E-state index contributed by atoms with van der Waals surface area (Å²) in [6, 6.07) is 6.71. The molecule has 2 aromatic rings. The molecule has 1 atom stereocenters. The number of hydrogen-bond acceptors (Lipinski definition) is 3. The molecule has 1 aromatic carbocycles. The highest BCUT2D eigenvalue weighted by atomic mass is 32.1. The van der Waals surface area contributed by atoms with Gasteiger partial charge < -0.3 is 5.73 Å². The van der Waals surface area contributed by atoms with Gasteiger partial charge in [-0.1, -0.05) is 44.5 Å². The van der Waals surface area contributed by atoms with Crippen LogP contribution >= 0.6 is 11.3 Å². The number of thiazole rings is 1. The van der Waals surface area contributed by atoms with Gasteiger partial charge in [0.05, 0.1) is 10.7 Å². The molecular formula is C18H26N2S. The second-order valence-electron chi connectivity index (χ2n) is 6.97. The Kier molecular flexibility index (Phi) is 4.84. The molecule has 21 heavy (non-hydrogen) atoms. The zero-order valence-corrected chi connectivity index (χ0v) is 14.6.